The maximum Gasteiger partial charge on any atom is 0.255 e. The summed E-state index contributed by atoms with van der Waals surface area (Å²) in [5.41, 5.74) is 3.87. The third-order valence-corrected chi connectivity index (χ3v) is 7.89. The van der Waals surface area contributed by atoms with E-state index in [9.17, 15) is 34.8 Å². The molecule has 1 aromatic carbocycles. The Morgan fingerprint density at radius 1 is 1.24 bits per heavy atom. The lowest BCUT2D eigenvalue weighted by Gasteiger charge is -2.50. The van der Waals surface area contributed by atoms with Gasteiger partial charge in [0.15, 0.2) is 11.4 Å². The molecule has 7 N–H and O–H groups in total. The van der Waals surface area contributed by atoms with E-state index in [-0.39, 0.29) is 35.6 Å². The minimum Gasteiger partial charge on any atom is -0.508 e. The number of benzene rings is 1. The summed E-state index contributed by atoms with van der Waals surface area (Å²) in [6.07, 6.45) is 0.971. The van der Waals surface area contributed by atoms with Gasteiger partial charge in [-0.3, -0.25) is 19.3 Å². The summed E-state index contributed by atoms with van der Waals surface area (Å²) in [5.74, 6) is -6.18. The fourth-order valence-corrected chi connectivity index (χ4v) is 6.15. The number of nitrogens with one attached hydrogen (secondary N) is 1. The van der Waals surface area contributed by atoms with Crippen molar-refractivity contribution in [3.63, 3.8) is 0 Å². The summed E-state index contributed by atoms with van der Waals surface area (Å²) in [4.78, 5) is 40.6. The number of hydrogen-bond donors (Lipinski definition) is 6. The molecule has 4 rings (SSSR count). The fraction of sp³-hybridized carbons (Fsp3) is 0.519. The number of phenolic OH excluding ortho intramolecular Hbond substituents is 1. The van der Waals surface area contributed by atoms with Gasteiger partial charge < -0.3 is 31.5 Å². The number of carbonyl (C=O) groups is 3. The highest BCUT2D eigenvalue weighted by Gasteiger charge is 2.64. The van der Waals surface area contributed by atoms with Crippen LogP contribution in [0.25, 0.3) is 5.76 Å². The predicted molar refractivity (Wildman–Crippen MR) is 137 cm³/mol. The number of aliphatic hydroxyl groups is 3. The number of nitrogens with two attached hydrogens (primary N) is 1. The van der Waals surface area contributed by atoms with Crippen LogP contribution in [-0.2, 0) is 27.2 Å². The number of primary amides is 1. The zero-order chi connectivity index (χ0) is 27.6. The molecule has 0 heterocycles. The molecule has 0 bridgehead atoms. The lowest BCUT2D eigenvalue weighted by Crippen LogP contribution is -2.65. The number of phenols is 1. The van der Waals surface area contributed by atoms with Gasteiger partial charge in [-0.15, -0.1) is 0 Å². The van der Waals surface area contributed by atoms with Crippen molar-refractivity contribution in [2.24, 2.45) is 23.5 Å². The van der Waals surface area contributed by atoms with E-state index in [0.29, 0.717) is 24.2 Å². The smallest absolute Gasteiger partial charge is 0.255 e. The van der Waals surface area contributed by atoms with Crippen molar-refractivity contribution in [3.05, 3.63) is 39.7 Å². The number of ketones is 2. The molecule has 0 unspecified atom stereocenters. The third-order valence-electron chi connectivity index (χ3n) is 7.89. The molecular formula is C27H35N3O7. The Morgan fingerprint density at radius 3 is 2.43 bits per heavy atom. The number of hydrogen-bond acceptors (Lipinski definition) is 9. The minimum absolute atomic E-state index is 0.0724. The van der Waals surface area contributed by atoms with Crippen LogP contribution in [0.5, 0.6) is 5.75 Å². The second-order valence-corrected chi connectivity index (χ2v) is 10.9. The Labute approximate surface area is 215 Å². The average molecular weight is 514 g/mol. The van der Waals surface area contributed by atoms with Gasteiger partial charge in [0.25, 0.3) is 5.91 Å². The molecule has 0 spiro atoms. The van der Waals surface area contributed by atoms with Gasteiger partial charge in [0.2, 0.25) is 5.78 Å². The molecule has 200 valence electrons. The molecule has 10 nitrogen and oxygen atoms in total. The van der Waals surface area contributed by atoms with Crippen molar-refractivity contribution in [2.75, 3.05) is 26.0 Å². The molecule has 3 aliphatic rings. The van der Waals surface area contributed by atoms with Gasteiger partial charge in [0.05, 0.1) is 17.3 Å². The number of rotatable bonds is 6. The number of aryl methyl sites for hydroxylation is 1. The number of fused-ring (bicyclic) bond motifs is 3. The second-order valence-electron chi connectivity index (χ2n) is 10.9. The molecule has 37 heavy (non-hydrogen) atoms. The van der Waals surface area contributed by atoms with Gasteiger partial charge in [-0.05, 0) is 62.4 Å². The summed E-state index contributed by atoms with van der Waals surface area (Å²) in [6.45, 7) is 6.56. The summed E-state index contributed by atoms with van der Waals surface area (Å²) in [6, 6.07) is 0.745. The largest absolute Gasteiger partial charge is 0.508 e. The third kappa shape index (κ3) is 3.81. The van der Waals surface area contributed by atoms with E-state index in [0.717, 1.165) is 5.56 Å². The van der Waals surface area contributed by atoms with Crippen LogP contribution in [0.3, 0.4) is 0 Å². The van der Waals surface area contributed by atoms with Crippen LogP contribution in [0.15, 0.2) is 23.0 Å². The molecule has 3 aliphatic carbocycles. The Bertz CT molecular complexity index is 1260. The van der Waals surface area contributed by atoms with Crippen LogP contribution >= 0.6 is 0 Å². The predicted octanol–water partition coefficient (Wildman–Crippen LogP) is 1.59. The van der Waals surface area contributed by atoms with Crippen molar-refractivity contribution in [1.29, 1.82) is 0 Å². The molecule has 0 aromatic heterocycles. The number of aliphatic hydroxyl groups excluding tert-OH is 2. The summed E-state index contributed by atoms with van der Waals surface area (Å²) in [7, 11) is 3.15. The van der Waals surface area contributed by atoms with Gasteiger partial charge in [0, 0.05) is 18.0 Å². The molecule has 1 amide bonds. The van der Waals surface area contributed by atoms with Crippen molar-refractivity contribution in [1.82, 2.24) is 4.90 Å². The van der Waals surface area contributed by atoms with Crippen molar-refractivity contribution >= 4 is 28.9 Å². The van der Waals surface area contributed by atoms with E-state index in [4.69, 9.17) is 5.73 Å². The Kier molecular flexibility index (Phi) is 6.62. The van der Waals surface area contributed by atoms with Gasteiger partial charge in [-0.2, -0.15) is 0 Å². The van der Waals surface area contributed by atoms with E-state index < -0.39 is 58.0 Å². The van der Waals surface area contributed by atoms with Crippen LogP contribution in [-0.4, -0.2) is 75.1 Å². The molecule has 1 fully saturated rings. The molecule has 1 saturated carbocycles. The maximum atomic E-state index is 13.9. The highest BCUT2D eigenvalue weighted by atomic mass is 16.3. The SMILES string of the molecule is CCc1cc(NCC(C)C)c(O)c2c1C[C@H]1C[C@H]3[C@H](N(C)C)C(=O)C(C(N)=O)=C(O)[C@@]3(O)C(=O)C1=C2O. The van der Waals surface area contributed by atoms with Crippen molar-refractivity contribution in [2.45, 2.75) is 51.7 Å². The zero-order valence-electron chi connectivity index (χ0n) is 21.8. The van der Waals surface area contributed by atoms with Gasteiger partial charge in [-0.1, -0.05) is 20.8 Å². The second kappa shape index (κ2) is 9.18. The van der Waals surface area contributed by atoms with Crippen LogP contribution in [0, 0.1) is 17.8 Å². The number of anilines is 1. The molecule has 0 saturated heterocycles. The van der Waals surface area contributed by atoms with Crippen LogP contribution < -0.4 is 11.1 Å². The first-order valence-corrected chi connectivity index (χ1v) is 12.5. The molecule has 4 atom stereocenters. The molecule has 1 aromatic rings. The van der Waals surface area contributed by atoms with Crippen LogP contribution in [0.4, 0.5) is 5.69 Å². The number of aromatic hydroxyl groups is 1. The highest BCUT2D eigenvalue weighted by Crippen LogP contribution is 2.53. The highest BCUT2D eigenvalue weighted by molar-refractivity contribution is 6.24. The summed E-state index contributed by atoms with van der Waals surface area (Å²) in [5, 5.41) is 48.3. The first kappa shape index (κ1) is 26.7. The number of Topliss-reactive ketones (excluding diaryl/α,β-unsaturated/α-hetero) is 2. The zero-order valence-corrected chi connectivity index (χ0v) is 21.8. The Balaban J connectivity index is 1.95. The van der Waals surface area contributed by atoms with E-state index in [1.807, 2.05) is 26.8 Å². The van der Waals surface area contributed by atoms with Crippen LogP contribution in [0.2, 0.25) is 0 Å². The monoisotopic (exact) mass is 513 g/mol. The van der Waals surface area contributed by atoms with E-state index in [2.05, 4.69) is 5.32 Å². The average Bonchev–Trinajstić information content (AvgIpc) is 2.80. The minimum atomic E-state index is -2.64. The molecule has 0 radical (unpaired) electrons. The normalized spacial score (nSPS) is 27.4. The summed E-state index contributed by atoms with van der Waals surface area (Å²) < 4.78 is 0. The summed E-state index contributed by atoms with van der Waals surface area (Å²) >= 11 is 0. The topological polar surface area (TPSA) is 173 Å². The molecule has 0 aliphatic heterocycles. The molecular weight excluding hydrogens is 478 g/mol. The Hall–Kier alpha value is -3.37. The number of likely N-dealkylation sites (N-methyl/N-ethyl adjacent to an activating group) is 1. The quantitative estimate of drug-likeness (QED) is 0.244. The van der Waals surface area contributed by atoms with E-state index in [1.165, 1.54) is 4.90 Å². The van der Waals surface area contributed by atoms with Gasteiger partial charge in [0.1, 0.15) is 22.8 Å². The number of nitrogens with zero attached hydrogens (tertiary/aromatic N) is 1. The first-order chi connectivity index (χ1) is 17.3. The maximum absolute atomic E-state index is 13.9. The van der Waals surface area contributed by atoms with Crippen molar-refractivity contribution in [3.8, 4) is 5.75 Å². The number of carbonyl (C=O) groups excluding carboxylic acids is 3. The van der Waals surface area contributed by atoms with Gasteiger partial charge >= 0.3 is 0 Å². The Morgan fingerprint density at radius 2 is 1.89 bits per heavy atom. The van der Waals surface area contributed by atoms with Gasteiger partial charge in [-0.25, -0.2) is 0 Å². The standard InChI is InChI=1S/C27H35N3O7/c1-6-12-9-16(29-10-11(2)3)21(31)18-14(12)7-13-8-15-20(30(4)5)23(33)19(26(28)36)25(35)27(15,37)24(34)17(13)22(18)32/h9,11,13,15,20,29,31-32,35,37H,6-8,10H2,1-5H3,(H2,28,36)/t13-,15-,20-,27-/m0/s1. The van der Waals surface area contributed by atoms with E-state index >= 15 is 0 Å². The van der Waals surface area contributed by atoms with E-state index in [1.54, 1.807) is 14.1 Å². The first-order valence-electron chi connectivity index (χ1n) is 12.5. The fourth-order valence-electron chi connectivity index (χ4n) is 6.15. The number of amides is 1. The lowest BCUT2D eigenvalue weighted by molar-refractivity contribution is -0.153. The lowest BCUT2D eigenvalue weighted by atomic mass is 9.57. The van der Waals surface area contributed by atoms with Crippen molar-refractivity contribution < 1.29 is 34.8 Å². The molecule has 10 heteroatoms. The van der Waals surface area contributed by atoms with Crippen LogP contribution in [0.1, 0.15) is 43.9 Å².